The van der Waals surface area contributed by atoms with Crippen molar-refractivity contribution in [1.82, 2.24) is 10.3 Å². The van der Waals surface area contributed by atoms with Gasteiger partial charge in [-0.25, -0.2) is 0 Å². The van der Waals surface area contributed by atoms with Crippen LogP contribution in [0.25, 0.3) is 11.3 Å². The second-order valence-electron chi connectivity index (χ2n) is 4.99. The van der Waals surface area contributed by atoms with Crippen molar-refractivity contribution in [3.8, 4) is 11.3 Å². The van der Waals surface area contributed by atoms with E-state index in [1.54, 1.807) is 6.20 Å². The molecule has 3 rings (SSSR count). The Morgan fingerprint density at radius 1 is 1.30 bits per heavy atom. The molecule has 4 nitrogen and oxygen atoms in total. The molecule has 0 fully saturated rings. The summed E-state index contributed by atoms with van der Waals surface area (Å²) in [6.45, 7) is 1.89. The first kappa shape index (κ1) is 12.8. The van der Waals surface area contributed by atoms with Crippen LogP contribution in [-0.2, 0) is 24.2 Å². The maximum Gasteiger partial charge on any atom is 0.307 e. The van der Waals surface area contributed by atoms with Gasteiger partial charge in [0.05, 0.1) is 12.1 Å². The molecule has 1 aliphatic rings. The van der Waals surface area contributed by atoms with Crippen LogP contribution in [-0.4, -0.2) is 22.6 Å². The second-order valence-corrected chi connectivity index (χ2v) is 4.99. The Kier molecular flexibility index (Phi) is 3.48. The predicted molar refractivity (Wildman–Crippen MR) is 76.4 cm³/mol. The number of nitrogens with one attached hydrogen (secondary N) is 1. The number of carboxylic acids is 1. The van der Waals surface area contributed by atoms with Gasteiger partial charge in [0, 0.05) is 18.3 Å². The first-order valence-corrected chi connectivity index (χ1v) is 6.72. The highest BCUT2D eigenvalue weighted by Crippen LogP contribution is 2.27. The van der Waals surface area contributed by atoms with Gasteiger partial charge in [-0.05, 0) is 35.7 Å². The van der Waals surface area contributed by atoms with Gasteiger partial charge in [0.1, 0.15) is 0 Å². The number of aliphatic carboxylic acids is 1. The number of carbonyl (C=O) groups is 1. The van der Waals surface area contributed by atoms with Gasteiger partial charge >= 0.3 is 5.97 Å². The fourth-order valence-corrected chi connectivity index (χ4v) is 2.63. The molecule has 20 heavy (non-hydrogen) atoms. The minimum Gasteiger partial charge on any atom is -0.481 e. The summed E-state index contributed by atoms with van der Waals surface area (Å²) in [5.41, 5.74) is 5.48. The standard InChI is InChI=1S/C16H16N2O2/c19-16(20)8-11-4-5-15(18-9-11)14-3-1-2-12-10-17-7-6-13(12)14/h1-5,9,17H,6-8,10H2,(H,19,20). The summed E-state index contributed by atoms with van der Waals surface area (Å²) in [5, 5.41) is 12.1. The minimum absolute atomic E-state index is 0.0180. The van der Waals surface area contributed by atoms with Crippen LogP contribution in [0, 0.1) is 0 Å². The molecule has 0 radical (unpaired) electrons. The van der Waals surface area contributed by atoms with Crippen molar-refractivity contribution in [1.29, 1.82) is 0 Å². The van der Waals surface area contributed by atoms with Gasteiger partial charge < -0.3 is 10.4 Å². The fraction of sp³-hybridized carbons (Fsp3) is 0.250. The minimum atomic E-state index is -0.831. The molecular formula is C16H16N2O2. The first-order chi connectivity index (χ1) is 9.74. The third kappa shape index (κ3) is 2.56. The molecule has 0 amide bonds. The highest BCUT2D eigenvalue weighted by atomic mass is 16.4. The van der Waals surface area contributed by atoms with E-state index in [9.17, 15) is 4.79 Å². The summed E-state index contributed by atoms with van der Waals surface area (Å²) in [7, 11) is 0. The normalized spacial score (nSPS) is 13.8. The van der Waals surface area contributed by atoms with Crippen molar-refractivity contribution in [3.05, 3.63) is 53.2 Å². The number of hydrogen-bond acceptors (Lipinski definition) is 3. The molecule has 0 saturated carbocycles. The largest absolute Gasteiger partial charge is 0.481 e. The Bertz CT molecular complexity index is 635. The Balaban J connectivity index is 1.95. The lowest BCUT2D eigenvalue weighted by Gasteiger charge is -2.20. The molecule has 0 bridgehead atoms. The monoisotopic (exact) mass is 268 g/mol. The van der Waals surface area contributed by atoms with E-state index in [1.807, 2.05) is 18.2 Å². The molecule has 1 aromatic heterocycles. The van der Waals surface area contributed by atoms with Crippen molar-refractivity contribution in [3.63, 3.8) is 0 Å². The van der Waals surface area contributed by atoms with Crippen LogP contribution in [0.2, 0.25) is 0 Å². The predicted octanol–water partition coefficient (Wildman–Crippen LogP) is 2.02. The molecule has 0 atom stereocenters. The Morgan fingerprint density at radius 3 is 2.95 bits per heavy atom. The fourth-order valence-electron chi connectivity index (χ4n) is 2.63. The van der Waals surface area contributed by atoms with Crippen molar-refractivity contribution in [2.24, 2.45) is 0 Å². The molecule has 2 aromatic rings. The summed E-state index contributed by atoms with van der Waals surface area (Å²) in [4.78, 5) is 15.1. The van der Waals surface area contributed by atoms with Gasteiger partial charge in [0.15, 0.2) is 0 Å². The van der Waals surface area contributed by atoms with E-state index < -0.39 is 5.97 Å². The molecule has 2 heterocycles. The van der Waals surface area contributed by atoms with E-state index in [0.29, 0.717) is 0 Å². The molecule has 4 heteroatoms. The molecule has 2 N–H and O–H groups in total. The molecule has 1 aromatic carbocycles. The Hall–Kier alpha value is -2.20. The quantitative estimate of drug-likeness (QED) is 0.894. The van der Waals surface area contributed by atoms with E-state index in [2.05, 4.69) is 22.4 Å². The number of benzene rings is 1. The third-order valence-electron chi connectivity index (χ3n) is 3.60. The van der Waals surface area contributed by atoms with Crippen LogP contribution in [0.1, 0.15) is 16.7 Å². The summed E-state index contributed by atoms with van der Waals surface area (Å²) < 4.78 is 0. The lowest BCUT2D eigenvalue weighted by Crippen LogP contribution is -2.24. The summed E-state index contributed by atoms with van der Waals surface area (Å²) in [6.07, 6.45) is 2.68. The summed E-state index contributed by atoms with van der Waals surface area (Å²) in [5.74, 6) is -0.831. The van der Waals surface area contributed by atoms with Crippen LogP contribution in [0.3, 0.4) is 0 Å². The molecule has 0 spiro atoms. The van der Waals surface area contributed by atoms with E-state index in [1.165, 1.54) is 11.1 Å². The van der Waals surface area contributed by atoms with Crippen LogP contribution in [0.4, 0.5) is 0 Å². The second kappa shape index (κ2) is 5.43. The smallest absolute Gasteiger partial charge is 0.307 e. The van der Waals surface area contributed by atoms with Crippen LogP contribution < -0.4 is 5.32 Å². The van der Waals surface area contributed by atoms with Gasteiger partial charge in [-0.1, -0.05) is 24.3 Å². The van der Waals surface area contributed by atoms with Crippen LogP contribution in [0.5, 0.6) is 0 Å². The van der Waals surface area contributed by atoms with Crippen molar-refractivity contribution in [2.45, 2.75) is 19.4 Å². The van der Waals surface area contributed by atoms with Crippen LogP contribution in [0.15, 0.2) is 36.5 Å². The zero-order chi connectivity index (χ0) is 13.9. The summed E-state index contributed by atoms with van der Waals surface area (Å²) in [6, 6.07) is 10.0. The molecular weight excluding hydrogens is 252 g/mol. The number of pyridine rings is 1. The number of rotatable bonds is 3. The third-order valence-corrected chi connectivity index (χ3v) is 3.60. The van der Waals surface area contributed by atoms with E-state index >= 15 is 0 Å². The maximum atomic E-state index is 10.7. The Morgan fingerprint density at radius 2 is 2.20 bits per heavy atom. The highest BCUT2D eigenvalue weighted by Gasteiger charge is 2.14. The van der Waals surface area contributed by atoms with Crippen molar-refractivity contribution >= 4 is 5.97 Å². The van der Waals surface area contributed by atoms with Crippen molar-refractivity contribution < 1.29 is 9.90 Å². The van der Waals surface area contributed by atoms with Crippen LogP contribution >= 0.6 is 0 Å². The number of nitrogens with zero attached hydrogens (tertiary/aromatic N) is 1. The Labute approximate surface area is 117 Å². The number of carboxylic acid groups (broad SMARTS) is 1. The molecule has 0 unspecified atom stereocenters. The number of aromatic nitrogens is 1. The number of hydrogen-bond donors (Lipinski definition) is 2. The lowest BCUT2D eigenvalue weighted by atomic mass is 9.93. The zero-order valence-corrected chi connectivity index (χ0v) is 11.1. The molecule has 0 saturated heterocycles. The molecule has 0 aliphatic carbocycles. The van der Waals surface area contributed by atoms with Crippen molar-refractivity contribution in [2.75, 3.05) is 6.54 Å². The highest BCUT2D eigenvalue weighted by molar-refractivity contribution is 5.71. The van der Waals surface area contributed by atoms with Gasteiger partial charge in [-0.15, -0.1) is 0 Å². The van der Waals surface area contributed by atoms with E-state index in [4.69, 9.17) is 5.11 Å². The SMILES string of the molecule is O=C(O)Cc1ccc(-c2cccc3c2CCNC3)nc1. The average molecular weight is 268 g/mol. The lowest BCUT2D eigenvalue weighted by molar-refractivity contribution is -0.136. The van der Waals surface area contributed by atoms with Gasteiger partial charge in [-0.3, -0.25) is 9.78 Å². The number of fused-ring (bicyclic) bond motifs is 1. The topological polar surface area (TPSA) is 62.2 Å². The average Bonchev–Trinajstić information content (AvgIpc) is 2.47. The zero-order valence-electron chi connectivity index (χ0n) is 11.1. The van der Waals surface area contributed by atoms with Gasteiger partial charge in [-0.2, -0.15) is 0 Å². The maximum absolute atomic E-state index is 10.7. The summed E-state index contributed by atoms with van der Waals surface area (Å²) >= 11 is 0. The molecule has 102 valence electrons. The first-order valence-electron chi connectivity index (χ1n) is 6.72. The van der Waals surface area contributed by atoms with Gasteiger partial charge in [0.25, 0.3) is 0 Å². The van der Waals surface area contributed by atoms with Gasteiger partial charge in [0.2, 0.25) is 0 Å². The van der Waals surface area contributed by atoms with E-state index in [-0.39, 0.29) is 6.42 Å². The molecule has 1 aliphatic heterocycles. The van der Waals surface area contributed by atoms with E-state index in [0.717, 1.165) is 36.3 Å².